The van der Waals surface area contributed by atoms with Gasteiger partial charge in [0.2, 0.25) is 0 Å². The number of hydrogen-bond donors (Lipinski definition) is 3. The third kappa shape index (κ3) is 3.76. The molecular weight excluding hydrogens is 236 g/mol. The molecule has 0 bridgehead atoms. The van der Waals surface area contributed by atoms with Crippen molar-refractivity contribution in [2.75, 3.05) is 20.7 Å². The van der Waals surface area contributed by atoms with Crippen LogP contribution in [0.5, 0.6) is 0 Å². The normalized spacial score (nSPS) is 14.0. The fourth-order valence-corrected chi connectivity index (χ4v) is 1.52. The number of nitrogens with zero attached hydrogens (tertiary/aromatic N) is 1. The molecule has 0 amide bonds. The largest absolute Gasteiger partial charge is 0.465 e. The fourth-order valence-electron chi connectivity index (χ4n) is 1.52. The second-order valence-corrected chi connectivity index (χ2v) is 3.90. The number of aromatic nitrogens is 1. The quantitative estimate of drug-likeness (QED) is 0.613. The van der Waals surface area contributed by atoms with E-state index in [1.807, 2.05) is 0 Å². The first-order valence-electron chi connectivity index (χ1n) is 5.64. The van der Waals surface area contributed by atoms with Crippen molar-refractivity contribution in [3.63, 3.8) is 0 Å². The highest BCUT2D eigenvalue weighted by atomic mass is 16.5. The summed E-state index contributed by atoms with van der Waals surface area (Å²) >= 11 is 0. The highest BCUT2D eigenvalue weighted by molar-refractivity contribution is 5.89. The fraction of sp³-hybridized carbons (Fsp3) is 0.500. The molecule has 6 heteroatoms. The molecule has 0 fully saturated rings. The number of methoxy groups -OCH3 is 1. The Labute approximate surface area is 106 Å². The van der Waals surface area contributed by atoms with Crippen LogP contribution in [0.4, 0.5) is 0 Å². The summed E-state index contributed by atoms with van der Waals surface area (Å²) in [5.74, 6) is -0.527. The lowest BCUT2D eigenvalue weighted by Crippen LogP contribution is -2.23. The van der Waals surface area contributed by atoms with E-state index in [9.17, 15) is 15.0 Å². The molecular formula is C12H18N2O4. The summed E-state index contributed by atoms with van der Waals surface area (Å²) in [5.41, 5.74) is 0.636. The van der Waals surface area contributed by atoms with Gasteiger partial charge in [0.05, 0.1) is 18.8 Å². The van der Waals surface area contributed by atoms with Crippen molar-refractivity contribution in [3.8, 4) is 0 Å². The Morgan fingerprint density at radius 3 is 2.83 bits per heavy atom. The molecule has 0 aliphatic heterocycles. The van der Waals surface area contributed by atoms with Gasteiger partial charge in [-0.2, -0.15) is 0 Å². The molecule has 0 aromatic carbocycles. The molecule has 2 unspecified atom stereocenters. The molecule has 18 heavy (non-hydrogen) atoms. The minimum Gasteiger partial charge on any atom is -0.465 e. The van der Waals surface area contributed by atoms with Crippen molar-refractivity contribution in [3.05, 3.63) is 29.6 Å². The standard InChI is InChI=1S/C12H18N2O4/c1-13-4-3-10(15)11(16)8-5-9(7-14-6-8)12(17)18-2/h5-7,10-11,13,15-16H,3-4H2,1-2H3. The summed E-state index contributed by atoms with van der Waals surface area (Å²) in [6.45, 7) is 0.586. The van der Waals surface area contributed by atoms with Crippen LogP contribution in [0.15, 0.2) is 18.5 Å². The summed E-state index contributed by atoms with van der Waals surface area (Å²) in [7, 11) is 3.03. The Morgan fingerprint density at radius 1 is 1.50 bits per heavy atom. The van der Waals surface area contributed by atoms with E-state index in [-0.39, 0.29) is 5.56 Å². The van der Waals surface area contributed by atoms with Gasteiger partial charge in [-0.25, -0.2) is 4.79 Å². The number of carbonyl (C=O) groups excluding carboxylic acids is 1. The topological polar surface area (TPSA) is 91.7 Å². The van der Waals surface area contributed by atoms with Gasteiger partial charge in [-0.1, -0.05) is 0 Å². The molecule has 0 saturated heterocycles. The second-order valence-electron chi connectivity index (χ2n) is 3.90. The molecule has 1 heterocycles. The zero-order valence-corrected chi connectivity index (χ0v) is 10.5. The van der Waals surface area contributed by atoms with Crippen molar-refractivity contribution in [2.24, 2.45) is 0 Å². The van der Waals surface area contributed by atoms with Gasteiger partial charge in [-0.15, -0.1) is 0 Å². The van der Waals surface area contributed by atoms with Gasteiger partial charge in [-0.05, 0) is 26.1 Å². The highest BCUT2D eigenvalue weighted by Crippen LogP contribution is 2.19. The van der Waals surface area contributed by atoms with Crippen molar-refractivity contribution in [1.29, 1.82) is 0 Å². The van der Waals surface area contributed by atoms with E-state index < -0.39 is 18.2 Å². The van der Waals surface area contributed by atoms with Crippen molar-refractivity contribution < 1.29 is 19.7 Å². The molecule has 0 radical (unpaired) electrons. The summed E-state index contributed by atoms with van der Waals surface area (Å²) < 4.78 is 4.56. The first-order valence-corrected chi connectivity index (χ1v) is 5.64. The van der Waals surface area contributed by atoms with Gasteiger partial charge in [0.15, 0.2) is 0 Å². The van der Waals surface area contributed by atoms with E-state index in [0.29, 0.717) is 18.5 Å². The molecule has 0 aliphatic carbocycles. The maximum atomic E-state index is 11.3. The number of hydrogen-bond acceptors (Lipinski definition) is 6. The SMILES string of the molecule is CNCCC(O)C(O)c1cncc(C(=O)OC)c1. The van der Waals surface area contributed by atoms with Crippen molar-refractivity contribution in [2.45, 2.75) is 18.6 Å². The number of aliphatic hydroxyl groups is 2. The van der Waals surface area contributed by atoms with E-state index in [0.717, 1.165) is 0 Å². The van der Waals surface area contributed by atoms with E-state index in [1.165, 1.54) is 25.6 Å². The molecule has 1 aromatic rings. The first-order chi connectivity index (χ1) is 8.60. The Bertz CT molecular complexity index is 397. The molecule has 3 N–H and O–H groups in total. The predicted octanol–water partition coefficient (Wildman–Crippen LogP) is -0.128. The third-order valence-corrected chi connectivity index (χ3v) is 2.58. The van der Waals surface area contributed by atoms with E-state index in [1.54, 1.807) is 7.05 Å². The van der Waals surface area contributed by atoms with Crippen LogP contribution in [0.25, 0.3) is 0 Å². The number of rotatable bonds is 6. The molecule has 0 aliphatic rings. The van der Waals surface area contributed by atoms with Gasteiger partial charge in [0.1, 0.15) is 6.10 Å². The monoisotopic (exact) mass is 254 g/mol. The number of nitrogens with one attached hydrogen (secondary N) is 1. The maximum Gasteiger partial charge on any atom is 0.339 e. The second kappa shape index (κ2) is 7.05. The molecule has 1 aromatic heterocycles. The maximum absolute atomic E-state index is 11.3. The molecule has 2 atom stereocenters. The number of ether oxygens (including phenoxy) is 1. The summed E-state index contributed by atoms with van der Waals surface area (Å²) in [4.78, 5) is 15.2. The van der Waals surface area contributed by atoms with Crippen LogP contribution < -0.4 is 5.32 Å². The number of carbonyl (C=O) groups is 1. The van der Waals surface area contributed by atoms with Gasteiger partial charge in [0.25, 0.3) is 0 Å². The van der Waals surface area contributed by atoms with Gasteiger partial charge in [0, 0.05) is 18.0 Å². The molecule has 1 rings (SSSR count). The lowest BCUT2D eigenvalue weighted by Gasteiger charge is -2.18. The van der Waals surface area contributed by atoms with Crippen LogP contribution in [-0.4, -0.2) is 48.0 Å². The summed E-state index contributed by atoms with van der Waals surface area (Å²) in [6, 6.07) is 1.46. The van der Waals surface area contributed by atoms with E-state index in [2.05, 4.69) is 15.0 Å². The Morgan fingerprint density at radius 2 is 2.22 bits per heavy atom. The summed E-state index contributed by atoms with van der Waals surface area (Å²) in [6.07, 6.45) is 1.18. The lowest BCUT2D eigenvalue weighted by atomic mass is 10.0. The lowest BCUT2D eigenvalue weighted by molar-refractivity contribution is 0.0137. The Hall–Kier alpha value is -1.50. The van der Waals surface area contributed by atoms with Crippen LogP contribution in [0.3, 0.4) is 0 Å². The average molecular weight is 254 g/mol. The van der Waals surface area contributed by atoms with Gasteiger partial charge in [-0.3, -0.25) is 4.98 Å². The number of pyridine rings is 1. The van der Waals surface area contributed by atoms with Gasteiger partial charge >= 0.3 is 5.97 Å². The predicted molar refractivity (Wildman–Crippen MR) is 65.1 cm³/mol. The Kier molecular flexibility index (Phi) is 5.70. The summed E-state index contributed by atoms with van der Waals surface area (Å²) in [5, 5.41) is 22.6. The van der Waals surface area contributed by atoms with E-state index >= 15 is 0 Å². The molecule has 0 saturated carbocycles. The zero-order valence-electron chi connectivity index (χ0n) is 10.5. The number of aliphatic hydroxyl groups excluding tert-OH is 2. The molecule has 100 valence electrons. The van der Waals surface area contributed by atoms with E-state index in [4.69, 9.17) is 0 Å². The minimum absolute atomic E-state index is 0.245. The minimum atomic E-state index is -1.07. The van der Waals surface area contributed by atoms with Crippen LogP contribution in [0, 0.1) is 0 Å². The first kappa shape index (κ1) is 14.6. The average Bonchev–Trinajstić information content (AvgIpc) is 2.43. The van der Waals surface area contributed by atoms with Crippen LogP contribution in [0.1, 0.15) is 28.4 Å². The zero-order chi connectivity index (χ0) is 13.5. The van der Waals surface area contributed by atoms with Gasteiger partial charge < -0.3 is 20.3 Å². The smallest absolute Gasteiger partial charge is 0.339 e. The number of esters is 1. The van der Waals surface area contributed by atoms with Crippen LogP contribution >= 0.6 is 0 Å². The molecule has 0 spiro atoms. The highest BCUT2D eigenvalue weighted by Gasteiger charge is 2.19. The molecule has 6 nitrogen and oxygen atoms in total. The van der Waals surface area contributed by atoms with Crippen molar-refractivity contribution >= 4 is 5.97 Å². The Balaban J connectivity index is 2.79. The van der Waals surface area contributed by atoms with Crippen molar-refractivity contribution in [1.82, 2.24) is 10.3 Å². The van der Waals surface area contributed by atoms with Crippen LogP contribution in [0.2, 0.25) is 0 Å². The third-order valence-electron chi connectivity index (χ3n) is 2.58. The van der Waals surface area contributed by atoms with Crippen LogP contribution in [-0.2, 0) is 4.74 Å².